The summed E-state index contributed by atoms with van der Waals surface area (Å²) in [6, 6.07) is 11.5. The topological polar surface area (TPSA) is 152 Å². The van der Waals surface area contributed by atoms with Crippen LogP contribution in [0.5, 0.6) is 11.5 Å². The van der Waals surface area contributed by atoms with Gasteiger partial charge in [-0.2, -0.15) is 5.10 Å². The quantitative estimate of drug-likeness (QED) is 0.237. The lowest BCUT2D eigenvalue weighted by Gasteiger charge is -2.06. The molecule has 0 spiro atoms. The molecule has 0 saturated carbocycles. The summed E-state index contributed by atoms with van der Waals surface area (Å²) in [6.45, 7) is 0. The Bertz CT molecular complexity index is 1210. The lowest BCUT2D eigenvalue weighted by atomic mass is 10.1. The smallest absolute Gasteiger partial charge is 0.291 e. The van der Waals surface area contributed by atoms with Crippen LogP contribution in [0, 0.1) is 0 Å². The number of benzene rings is 2. The first-order valence-corrected chi connectivity index (χ1v) is 11.0. The van der Waals surface area contributed by atoms with Crippen LogP contribution in [0.25, 0.3) is 11.3 Å². The van der Waals surface area contributed by atoms with E-state index in [1.54, 1.807) is 30.3 Å². The van der Waals surface area contributed by atoms with Crippen molar-refractivity contribution in [3.8, 4) is 22.8 Å². The van der Waals surface area contributed by atoms with Gasteiger partial charge in [0.25, 0.3) is 11.8 Å². The van der Waals surface area contributed by atoms with E-state index in [2.05, 4.69) is 25.8 Å². The van der Waals surface area contributed by atoms with Crippen molar-refractivity contribution in [1.82, 2.24) is 20.7 Å². The predicted octanol–water partition coefficient (Wildman–Crippen LogP) is 1.83. The van der Waals surface area contributed by atoms with Gasteiger partial charge in [-0.1, -0.05) is 12.1 Å². The van der Waals surface area contributed by atoms with E-state index < -0.39 is 22.9 Å². The zero-order valence-electron chi connectivity index (χ0n) is 18.2. The molecule has 34 heavy (non-hydrogen) atoms. The molecule has 0 radical (unpaired) electrons. The van der Waals surface area contributed by atoms with Gasteiger partial charge in [0.05, 0.1) is 38.5 Å². The Morgan fingerprint density at radius 3 is 2.35 bits per heavy atom. The highest BCUT2D eigenvalue weighted by atomic mass is 32.2. The Morgan fingerprint density at radius 2 is 1.74 bits per heavy atom. The first-order valence-electron chi connectivity index (χ1n) is 9.74. The number of methoxy groups -OCH3 is 2. The van der Waals surface area contributed by atoms with Crippen LogP contribution in [0.3, 0.4) is 0 Å². The molecule has 2 amide bonds. The van der Waals surface area contributed by atoms with E-state index in [0.29, 0.717) is 33.9 Å². The zero-order chi connectivity index (χ0) is 24.5. The van der Waals surface area contributed by atoms with E-state index in [-0.39, 0.29) is 11.6 Å². The predicted molar refractivity (Wildman–Crippen MR) is 125 cm³/mol. The molecule has 0 aliphatic carbocycles. The monoisotopic (exact) mass is 483 g/mol. The minimum Gasteiger partial charge on any atom is -0.497 e. The number of amides is 2. The summed E-state index contributed by atoms with van der Waals surface area (Å²) in [5.74, 6) is -0.250. The molecule has 3 N–H and O–H groups in total. The van der Waals surface area contributed by atoms with Crippen LogP contribution in [0.2, 0.25) is 0 Å². The van der Waals surface area contributed by atoms with Gasteiger partial charge in [0, 0.05) is 22.8 Å². The zero-order valence-corrected chi connectivity index (χ0v) is 19.0. The van der Waals surface area contributed by atoms with E-state index >= 15 is 0 Å². The number of hydrogen-bond acceptors (Lipinski definition) is 8. The number of aromatic nitrogens is 2. The highest BCUT2D eigenvalue weighted by molar-refractivity contribution is 7.79. The van der Waals surface area contributed by atoms with Crippen LogP contribution in [-0.4, -0.2) is 56.9 Å². The van der Waals surface area contributed by atoms with Crippen molar-refractivity contribution < 1.29 is 27.8 Å². The standard InChI is InChI=1S/C22H21N5O6S/c1-32-17-7-14(8-18(9-17)33-2)10-25-27-22(29)20-12-23-11-19(26-20)15-3-5-16(6-4-15)21(28)24-13-34(30)31/h3-12H,13H2,1-2H3,(H,24,28)(H,27,29)(H,30,31)/b25-10+. The number of nitrogens with zero attached hydrogens (tertiary/aromatic N) is 3. The van der Waals surface area contributed by atoms with Crippen molar-refractivity contribution in [2.24, 2.45) is 5.10 Å². The third-order valence-corrected chi connectivity index (χ3v) is 4.81. The van der Waals surface area contributed by atoms with Crippen LogP contribution < -0.4 is 20.2 Å². The Labute approximate surface area is 197 Å². The highest BCUT2D eigenvalue weighted by Crippen LogP contribution is 2.21. The summed E-state index contributed by atoms with van der Waals surface area (Å²) >= 11 is -2.13. The van der Waals surface area contributed by atoms with Crippen molar-refractivity contribution in [3.05, 3.63) is 71.7 Å². The lowest BCUT2D eigenvalue weighted by molar-refractivity contribution is 0.0945. The van der Waals surface area contributed by atoms with Crippen LogP contribution >= 0.6 is 0 Å². The minimum atomic E-state index is -2.13. The van der Waals surface area contributed by atoms with Crippen LogP contribution in [0.1, 0.15) is 26.4 Å². The van der Waals surface area contributed by atoms with Crippen LogP contribution in [0.4, 0.5) is 0 Å². The Hall–Kier alpha value is -4.16. The van der Waals surface area contributed by atoms with Gasteiger partial charge in [-0.15, -0.1) is 0 Å². The van der Waals surface area contributed by atoms with E-state index in [0.717, 1.165) is 0 Å². The third kappa shape index (κ3) is 6.67. The number of hydrazone groups is 1. The van der Waals surface area contributed by atoms with Crippen molar-refractivity contribution in [2.45, 2.75) is 0 Å². The second-order valence-electron chi connectivity index (χ2n) is 6.68. The second kappa shape index (κ2) is 11.6. The fraction of sp³-hybridized carbons (Fsp3) is 0.136. The van der Waals surface area contributed by atoms with E-state index in [1.807, 2.05) is 0 Å². The first kappa shape index (κ1) is 24.5. The fourth-order valence-corrected chi connectivity index (χ4v) is 3.02. The highest BCUT2D eigenvalue weighted by Gasteiger charge is 2.11. The van der Waals surface area contributed by atoms with Crippen molar-refractivity contribution in [1.29, 1.82) is 0 Å². The Balaban J connectivity index is 1.68. The minimum absolute atomic E-state index is 0.0464. The van der Waals surface area contributed by atoms with Crippen molar-refractivity contribution in [3.63, 3.8) is 0 Å². The van der Waals surface area contributed by atoms with Gasteiger partial charge in [0.1, 0.15) is 23.1 Å². The molecule has 2 aromatic carbocycles. The fourth-order valence-electron chi connectivity index (χ4n) is 2.76. The van der Waals surface area contributed by atoms with Crippen molar-refractivity contribution in [2.75, 3.05) is 20.1 Å². The van der Waals surface area contributed by atoms with Gasteiger partial charge in [0.2, 0.25) is 0 Å². The van der Waals surface area contributed by atoms with Gasteiger partial charge >= 0.3 is 0 Å². The van der Waals surface area contributed by atoms with Gasteiger partial charge in [-0.05, 0) is 24.3 Å². The summed E-state index contributed by atoms with van der Waals surface area (Å²) in [5.41, 5.74) is 4.44. The number of nitrogens with one attached hydrogen (secondary N) is 2. The largest absolute Gasteiger partial charge is 0.497 e. The maximum absolute atomic E-state index is 12.5. The number of hydrogen-bond donors (Lipinski definition) is 3. The molecule has 1 atom stereocenters. The summed E-state index contributed by atoms with van der Waals surface area (Å²) in [4.78, 5) is 32.8. The van der Waals surface area contributed by atoms with Gasteiger partial charge < -0.3 is 19.3 Å². The molecule has 1 aromatic heterocycles. The normalized spacial score (nSPS) is 11.6. The van der Waals surface area contributed by atoms with Crippen LogP contribution in [-0.2, 0) is 11.1 Å². The molecule has 0 saturated heterocycles. The molecule has 0 bridgehead atoms. The molecule has 3 aromatic rings. The summed E-state index contributed by atoms with van der Waals surface area (Å²) in [7, 11) is 3.07. The van der Waals surface area contributed by atoms with E-state index in [9.17, 15) is 13.8 Å². The molecule has 12 heteroatoms. The van der Waals surface area contributed by atoms with E-state index in [1.165, 1.54) is 45.0 Å². The van der Waals surface area contributed by atoms with E-state index in [4.69, 9.17) is 14.0 Å². The molecule has 11 nitrogen and oxygen atoms in total. The average Bonchev–Trinajstić information content (AvgIpc) is 2.87. The summed E-state index contributed by atoms with van der Waals surface area (Å²) in [5, 5.41) is 6.27. The third-order valence-electron chi connectivity index (χ3n) is 4.42. The Morgan fingerprint density at radius 1 is 1.06 bits per heavy atom. The van der Waals surface area contributed by atoms with Crippen molar-refractivity contribution >= 4 is 29.1 Å². The maximum Gasteiger partial charge on any atom is 0.291 e. The lowest BCUT2D eigenvalue weighted by Crippen LogP contribution is -2.26. The molecular formula is C22H21N5O6S. The number of carbonyl (C=O) groups excluding carboxylic acids is 2. The second-order valence-corrected chi connectivity index (χ2v) is 7.62. The molecule has 0 aliphatic heterocycles. The molecular weight excluding hydrogens is 462 g/mol. The first-order chi connectivity index (χ1) is 16.4. The number of ether oxygens (including phenoxy) is 2. The Kier molecular flexibility index (Phi) is 8.37. The number of carbonyl (C=O) groups is 2. The molecule has 3 rings (SSSR count). The molecule has 176 valence electrons. The average molecular weight is 484 g/mol. The SMILES string of the molecule is COc1cc(/C=N/NC(=O)c2cncc(-c3ccc(C(=O)NCS(=O)O)cc3)n2)cc(OC)c1. The van der Waals surface area contributed by atoms with Gasteiger partial charge in [-0.25, -0.2) is 14.6 Å². The molecule has 0 fully saturated rings. The summed E-state index contributed by atoms with van der Waals surface area (Å²) < 4.78 is 29.8. The molecule has 1 unspecified atom stereocenters. The maximum atomic E-state index is 12.5. The summed E-state index contributed by atoms with van der Waals surface area (Å²) in [6.07, 6.45) is 4.22. The number of rotatable bonds is 9. The van der Waals surface area contributed by atoms with Crippen LogP contribution in [0.15, 0.2) is 60.0 Å². The van der Waals surface area contributed by atoms with Gasteiger partial charge in [-0.3, -0.25) is 14.6 Å². The van der Waals surface area contributed by atoms with Gasteiger partial charge in [0.15, 0.2) is 11.1 Å². The molecule has 1 heterocycles. The molecule has 0 aliphatic rings.